The fourth-order valence-electron chi connectivity index (χ4n) is 7.70. The second-order valence-corrected chi connectivity index (χ2v) is 16.3. The van der Waals surface area contributed by atoms with Gasteiger partial charge < -0.3 is 33.9 Å². The van der Waals surface area contributed by atoms with Crippen molar-refractivity contribution >= 4 is 21.9 Å². The number of alkyl halides is 1. The molecular weight excluding hydrogens is 592 g/mol. The molecule has 8 nitrogen and oxygen atoms in total. The highest BCUT2D eigenvalue weighted by Gasteiger charge is 2.55. The van der Waals surface area contributed by atoms with Crippen LogP contribution >= 0.6 is 15.9 Å². The third-order valence-corrected chi connectivity index (χ3v) is 12.2. The van der Waals surface area contributed by atoms with E-state index in [1.165, 1.54) is 6.92 Å². The number of hydrogen-bond donors (Lipinski definition) is 2. The Morgan fingerprint density at radius 2 is 1.56 bits per heavy atom. The Morgan fingerprint density at radius 3 is 2.20 bits per heavy atom. The van der Waals surface area contributed by atoms with Gasteiger partial charge >= 0.3 is 5.97 Å². The smallest absolute Gasteiger partial charge is 0.303 e. The molecule has 0 spiro atoms. The van der Waals surface area contributed by atoms with Crippen LogP contribution in [0.3, 0.4) is 0 Å². The van der Waals surface area contributed by atoms with E-state index < -0.39 is 28.5 Å². The number of ether oxygens (including phenoxy) is 5. The number of carbonyl (C=O) groups excluding carboxylic acids is 1. The van der Waals surface area contributed by atoms with Gasteiger partial charge in [0.05, 0.1) is 58.5 Å². The standard InChI is InChI=1S/C32H55BrO8/c1-20(34)38-28(4,5)23-14-18-30(7,39-23)22(35)13-16-29(6,36)24-10-11-25-31(8,40-24)19-15-26(37-25)32(9)17-12-21(33)27(2,3)41-32/h21-26,35-36H,10-19H2,1-9H3/t21-,22+,23?,24-,25-,26-,29+,30-,31+,32+/m1/s1. The molecule has 238 valence electrons. The zero-order chi connectivity index (χ0) is 30.6. The number of esters is 1. The molecule has 0 aromatic heterocycles. The summed E-state index contributed by atoms with van der Waals surface area (Å²) in [6.07, 6.45) is 5.85. The fraction of sp³-hybridized carbons (Fsp3) is 0.969. The van der Waals surface area contributed by atoms with Crippen molar-refractivity contribution in [3.8, 4) is 0 Å². The van der Waals surface area contributed by atoms with Crippen LogP contribution in [0.1, 0.15) is 127 Å². The molecule has 0 aromatic carbocycles. The fourth-order valence-corrected chi connectivity index (χ4v) is 8.02. The van der Waals surface area contributed by atoms with E-state index >= 15 is 0 Å². The van der Waals surface area contributed by atoms with Gasteiger partial charge in [-0.25, -0.2) is 0 Å². The quantitative estimate of drug-likeness (QED) is 0.254. The summed E-state index contributed by atoms with van der Waals surface area (Å²) in [6.45, 7) is 17.4. The van der Waals surface area contributed by atoms with E-state index in [1.54, 1.807) is 0 Å². The van der Waals surface area contributed by atoms with Crippen LogP contribution < -0.4 is 0 Å². The predicted octanol–water partition coefficient (Wildman–Crippen LogP) is 5.75. The van der Waals surface area contributed by atoms with Gasteiger partial charge in [-0.1, -0.05) is 15.9 Å². The molecule has 4 rings (SSSR count). The summed E-state index contributed by atoms with van der Waals surface area (Å²) in [5.74, 6) is -0.348. The Hall–Kier alpha value is -0.290. The summed E-state index contributed by atoms with van der Waals surface area (Å²) in [7, 11) is 0. The second-order valence-electron chi connectivity index (χ2n) is 15.2. The van der Waals surface area contributed by atoms with E-state index in [9.17, 15) is 15.0 Å². The van der Waals surface area contributed by atoms with Crippen LogP contribution in [0.25, 0.3) is 0 Å². The largest absolute Gasteiger partial charge is 0.457 e. The van der Waals surface area contributed by atoms with Gasteiger partial charge in [0.2, 0.25) is 0 Å². The molecule has 9 heteroatoms. The molecule has 41 heavy (non-hydrogen) atoms. The Bertz CT molecular complexity index is 954. The number of aliphatic hydroxyl groups excluding tert-OH is 1. The molecule has 1 unspecified atom stereocenters. The lowest BCUT2D eigenvalue weighted by Gasteiger charge is -2.56. The van der Waals surface area contributed by atoms with Gasteiger partial charge in [0.1, 0.15) is 5.60 Å². The number of rotatable bonds is 8. The van der Waals surface area contributed by atoms with Crippen molar-refractivity contribution in [3.63, 3.8) is 0 Å². The first-order valence-electron chi connectivity index (χ1n) is 15.7. The Labute approximate surface area is 255 Å². The van der Waals surface area contributed by atoms with Crippen molar-refractivity contribution in [2.75, 3.05) is 0 Å². The molecule has 2 N–H and O–H groups in total. The normalized spacial score (nSPS) is 43.6. The molecule has 10 atom stereocenters. The van der Waals surface area contributed by atoms with Crippen LogP contribution in [0, 0.1) is 0 Å². The third-order valence-electron chi connectivity index (χ3n) is 10.7. The van der Waals surface area contributed by atoms with E-state index in [1.807, 2.05) is 27.7 Å². The number of aliphatic hydroxyl groups is 2. The Balaban J connectivity index is 1.32. The highest BCUT2D eigenvalue weighted by molar-refractivity contribution is 9.09. The Kier molecular flexibility index (Phi) is 9.48. The van der Waals surface area contributed by atoms with Crippen LogP contribution in [0.4, 0.5) is 0 Å². The molecule has 0 radical (unpaired) electrons. The third kappa shape index (κ3) is 7.02. The molecule has 0 bridgehead atoms. The van der Waals surface area contributed by atoms with Crippen LogP contribution in [-0.4, -0.2) is 85.1 Å². The molecule has 0 amide bonds. The number of halogens is 1. The van der Waals surface area contributed by atoms with E-state index in [4.69, 9.17) is 23.7 Å². The van der Waals surface area contributed by atoms with Gasteiger partial charge in [-0.15, -0.1) is 0 Å². The van der Waals surface area contributed by atoms with Gasteiger partial charge in [-0.3, -0.25) is 4.79 Å². The minimum absolute atomic E-state index is 0.0115. The van der Waals surface area contributed by atoms with Crippen LogP contribution in [0.2, 0.25) is 0 Å². The van der Waals surface area contributed by atoms with Gasteiger partial charge in [0, 0.05) is 11.8 Å². The minimum atomic E-state index is -1.11. The van der Waals surface area contributed by atoms with Gasteiger partial charge in [0.25, 0.3) is 0 Å². The maximum atomic E-state index is 11.6. The van der Waals surface area contributed by atoms with Crippen LogP contribution in [-0.2, 0) is 28.5 Å². The molecule has 0 aliphatic carbocycles. The molecular formula is C32H55BrO8. The molecule has 4 saturated heterocycles. The van der Waals surface area contributed by atoms with Crippen molar-refractivity contribution in [3.05, 3.63) is 0 Å². The van der Waals surface area contributed by atoms with Gasteiger partial charge in [-0.2, -0.15) is 0 Å². The molecule has 4 aliphatic heterocycles. The van der Waals surface area contributed by atoms with Crippen LogP contribution in [0.5, 0.6) is 0 Å². The van der Waals surface area contributed by atoms with Crippen molar-refractivity contribution in [1.29, 1.82) is 0 Å². The van der Waals surface area contributed by atoms with E-state index in [0.29, 0.717) is 36.9 Å². The average molecular weight is 648 g/mol. The van der Waals surface area contributed by atoms with Crippen molar-refractivity contribution < 1.29 is 38.7 Å². The SMILES string of the molecule is CC(=O)OC(C)(C)C1CC[C@](C)([C@@H](O)CC[C@](C)(O)[C@H]2CC[C@H]3O[C@@H]([C@]4(C)CC[C@@H](Br)C(C)(C)O4)CC[C@]3(C)O2)O1. The number of carbonyl (C=O) groups is 1. The number of fused-ring (bicyclic) bond motifs is 1. The van der Waals surface area contributed by atoms with Crippen molar-refractivity contribution in [2.45, 2.75) is 195 Å². The molecule has 0 saturated carbocycles. The Morgan fingerprint density at radius 1 is 0.927 bits per heavy atom. The monoisotopic (exact) mass is 646 g/mol. The van der Waals surface area contributed by atoms with Gasteiger partial charge in [-0.05, 0) is 120 Å². The lowest BCUT2D eigenvalue weighted by molar-refractivity contribution is -0.301. The summed E-state index contributed by atoms with van der Waals surface area (Å²) < 4.78 is 31.8. The zero-order valence-electron chi connectivity index (χ0n) is 26.8. The molecule has 4 heterocycles. The average Bonchev–Trinajstić information content (AvgIpc) is 3.27. The summed E-state index contributed by atoms with van der Waals surface area (Å²) in [5.41, 5.74) is -3.71. The lowest BCUT2D eigenvalue weighted by atomic mass is 9.75. The first kappa shape index (κ1) is 33.6. The summed E-state index contributed by atoms with van der Waals surface area (Å²) in [6, 6.07) is 0. The van der Waals surface area contributed by atoms with Crippen LogP contribution in [0.15, 0.2) is 0 Å². The maximum Gasteiger partial charge on any atom is 0.303 e. The van der Waals surface area contributed by atoms with Crippen molar-refractivity contribution in [2.24, 2.45) is 0 Å². The minimum Gasteiger partial charge on any atom is -0.457 e. The first-order chi connectivity index (χ1) is 18.7. The first-order valence-corrected chi connectivity index (χ1v) is 16.6. The topological polar surface area (TPSA) is 104 Å². The van der Waals surface area contributed by atoms with Crippen molar-refractivity contribution in [1.82, 2.24) is 0 Å². The summed E-state index contributed by atoms with van der Waals surface area (Å²) in [5, 5.41) is 22.8. The van der Waals surface area contributed by atoms with Gasteiger partial charge in [0.15, 0.2) is 0 Å². The summed E-state index contributed by atoms with van der Waals surface area (Å²) >= 11 is 3.79. The molecule has 4 fully saturated rings. The summed E-state index contributed by atoms with van der Waals surface area (Å²) in [4.78, 5) is 11.9. The van der Waals surface area contributed by atoms with E-state index in [-0.39, 0.29) is 41.6 Å². The lowest BCUT2D eigenvalue weighted by Crippen LogP contribution is -2.63. The molecule has 4 aliphatic rings. The molecule has 0 aromatic rings. The second kappa shape index (κ2) is 11.6. The van der Waals surface area contributed by atoms with E-state index in [2.05, 4.69) is 43.6 Å². The predicted molar refractivity (Wildman–Crippen MR) is 160 cm³/mol. The number of hydrogen-bond acceptors (Lipinski definition) is 8. The highest BCUT2D eigenvalue weighted by Crippen LogP contribution is 2.49. The highest BCUT2D eigenvalue weighted by atomic mass is 79.9. The maximum absolute atomic E-state index is 11.6. The zero-order valence-corrected chi connectivity index (χ0v) is 28.3. The van der Waals surface area contributed by atoms with E-state index in [0.717, 1.165) is 32.1 Å².